The lowest BCUT2D eigenvalue weighted by Gasteiger charge is -2.16. The Morgan fingerprint density at radius 3 is 2.52 bits per heavy atom. The van der Waals surface area contributed by atoms with Crippen molar-refractivity contribution < 1.29 is 19.1 Å². The number of benzene rings is 1. The minimum absolute atomic E-state index is 0.00209. The topological polar surface area (TPSA) is 109 Å². The molecule has 1 aromatic carbocycles. The Morgan fingerprint density at radius 1 is 1.17 bits per heavy atom. The van der Waals surface area contributed by atoms with E-state index >= 15 is 0 Å². The SMILES string of the molecule is C[C@@H](OC(=O)CCN1C(=O)[C@H]2CC=CC[C@@H]2C1=O)c1nc2ccccc2c(=O)[nH]1. The van der Waals surface area contributed by atoms with Gasteiger partial charge in [0.1, 0.15) is 0 Å². The molecule has 29 heavy (non-hydrogen) atoms. The second kappa shape index (κ2) is 7.62. The summed E-state index contributed by atoms with van der Waals surface area (Å²) < 4.78 is 5.36. The molecule has 3 atom stereocenters. The molecule has 0 spiro atoms. The van der Waals surface area contributed by atoms with Crippen LogP contribution in [0.4, 0.5) is 0 Å². The molecule has 8 heteroatoms. The first-order valence-corrected chi connectivity index (χ1v) is 9.64. The molecule has 2 aliphatic rings. The van der Waals surface area contributed by atoms with E-state index in [1.807, 2.05) is 12.2 Å². The number of nitrogens with one attached hydrogen (secondary N) is 1. The number of aromatic amines is 1. The van der Waals surface area contributed by atoms with Gasteiger partial charge in [-0.1, -0.05) is 24.3 Å². The van der Waals surface area contributed by atoms with Crippen LogP contribution in [0.1, 0.15) is 38.1 Å². The van der Waals surface area contributed by atoms with E-state index in [-0.39, 0.29) is 48.0 Å². The first-order valence-electron chi connectivity index (χ1n) is 9.64. The predicted octanol–water partition coefficient (Wildman–Crippen LogP) is 1.87. The fourth-order valence-electron chi connectivity index (χ4n) is 3.90. The van der Waals surface area contributed by atoms with Gasteiger partial charge < -0.3 is 9.72 Å². The fourth-order valence-corrected chi connectivity index (χ4v) is 3.90. The van der Waals surface area contributed by atoms with E-state index in [1.165, 1.54) is 4.90 Å². The van der Waals surface area contributed by atoms with Crippen LogP contribution >= 0.6 is 0 Å². The van der Waals surface area contributed by atoms with E-state index in [0.29, 0.717) is 23.7 Å². The molecule has 1 aliphatic heterocycles. The van der Waals surface area contributed by atoms with Crippen LogP contribution in [0.25, 0.3) is 10.9 Å². The van der Waals surface area contributed by atoms with Crippen molar-refractivity contribution in [2.24, 2.45) is 11.8 Å². The van der Waals surface area contributed by atoms with Crippen molar-refractivity contribution >= 4 is 28.7 Å². The number of aromatic nitrogens is 2. The van der Waals surface area contributed by atoms with Gasteiger partial charge in [0.2, 0.25) is 11.8 Å². The number of ether oxygens (including phenoxy) is 1. The Bertz CT molecular complexity index is 1050. The van der Waals surface area contributed by atoms with Crippen molar-refractivity contribution in [3.63, 3.8) is 0 Å². The van der Waals surface area contributed by atoms with Crippen molar-refractivity contribution in [1.29, 1.82) is 0 Å². The molecule has 2 aromatic rings. The molecule has 1 fully saturated rings. The minimum atomic E-state index is -0.767. The van der Waals surface area contributed by atoms with Gasteiger partial charge in [0.25, 0.3) is 5.56 Å². The van der Waals surface area contributed by atoms with Gasteiger partial charge in [-0.2, -0.15) is 0 Å². The number of nitrogens with zero attached hydrogens (tertiary/aromatic N) is 2. The number of carbonyl (C=O) groups excluding carboxylic acids is 3. The molecule has 0 radical (unpaired) electrons. The van der Waals surface area contributed by atoms with Gasteiger partial charge in [0.05, 0.1) is 29.2 Å². The molecular weight excluding hydrogens is 374 g/mol. The largest absolute Gasteiger partial charge is 0.454 e. The van der Waals surface area contributed by atoms with Crippen LogP contribution in [0.3, 0.4) is 0 Å². The molecule has 0 bridgehead atoms. The third-order valence-corrected chi connectivity index (χ3v) is 5.46. The van der Waals surface area contributed by atoms with E-state index in [2.05, 4.69) is 9.97 Å². The summed E-state index contributed by atoms with van der Waals surface area (Å²) in [6.45, 7) is 1.61. The summed E-state index contributed by atoms with van der Waals surface area (Å²) in [6, 6.07) is 6.89. The minimum Gasteiger partial charge on any atom is -0.454 e. The molecule has 2 amide bonds. The van der Waals surface area contributed by atoms with E-state index in [0.717, 1.165) is 0 Å². The van der Waals surface area contributed by atoms with Gasteiger partial charge in [-0.25, -0.2) is 4.98 Å². The highest BCUT2D eigenvalue weighted by atomic mass is 16.5. The molecule has 0 saturated carbocycles. The van der Waals surface area contributed by atoms with Crippen molar-refractivity contribution in [2.75, 3.05) is 6.54 Å². The summed E-state index contributed by atoms with van der Waals surface area (Å²) in [5, 5.41) is 0.455. The number of carbonyl (C=O) groups is 3. The molecule has 0 unspecified atom stereocenters. The first kappa shape index (κ1) is 19.0. The van der Waals surface area contributed by atoms with E-state index < -0.39 is 12.1 Å². The molecule has 1 N–H and O–H groups in total. The Kier molecular flexibility index (Phi) is 5.00. The molecule has 150 valence electrons. The number of imide groups is 1. The number of H-pyrrole nitrogens is 1. The fraction of sp³-hybridized carbons (Fsp3) is 0.381. The van der Waals surface area contributed by atoms with Crippen LogP contribution in [0.5, 0.6) is 0 Å². The van der Waals surface area contributed by atoms with Crippen molar-refractivity contribution in [1.82, 2.24) is 14.9 Å². The highest BCUT2D eigenvalue weighted by Gasteiger charge is 2.46. The lowest BCUT2D eigenvalue weighted by atomic mass is 9.85. The summed E-state index contributed by atoms with van der Waals surface area (Å²) in [5.41, 5.74) is 0.205. The Labute approximate surface area is 166 Å². The number of para-hydroxylation sites is 1. The third kappa shape index (κ3) is 3.57. The molecular formula is C21H21N3O5. The smallest absolute Gasteiger partial charge is 0.308 e. The van der Waals surface area contributed by atoms with Gasteiger partial charge in [-0.15, -0.1) is 0 Å². The van der Waals surface area contributed by atoms with Gasteiger partial charge in [-0.3, -0.25) is 24.1 Å². The Balaban J connectivity index is 1.38. The molecule has 1 aliphatic carbocycles. The standard InChI is InChI=1S/C21H21N3O5/c1-12(18-22-16-9-5-4-8-15(16)19(26)23-18)29-17(25)10-11-24-20(27)13-6-2-3-7-14(13)21(24)28/h2-5,8-9,12-14H,6-7,10-11H2,1H3,(H,22,23,26)/t12-,13+,14+/m1/s1. The number of hydrogen-bond acceptors (Lipinski definition) is 6. The first-order chi connectivity index (χ1) is 14.0. The maximum Gasteiger partial charge on any atom is 0.308 e. The number of allylic oxidation sites excluding steroid dienone is 2. The normalized spacial score (nSPS) is 22.0. The third-order valence-electron chi connectivity index (χ3n) is 5.46. The number of rotatable bonds is 5. The molecule has 8 nitrogen and oxygen atoms in total. The van der Waals surface area contributed by atoms with E-state index in [9.17, 15) is 19.2 Å². The van der Waals surface area contributed by atoms with Crippen LogP contribution in [0.2, 0.25) is 0 Å². The zero-order chi connectivity index (χ0) is 20.5. The summed E-state index contributed by atoms with van der Waals surface area (Å²) in [7, 11) is 0. The van der Waals surface area contributed by atoms with Crippen LogP contribution in [0, 0.1) is 11.8 Å². The highest BCUT2D eigenvalue weighted by Crippen LogP contribution is 2.35. The van der Waals surface area contributed by atoms with Gasteiger partial charge in [-0.05, 0) is 31.9 Å². The second-order valence-corrected chi connectivity index (χ2v) is 7.33. The van der Waals surface area contributed by atoms with Gasteiger partial charge in [0, 0.05) is 6.54 Å². The summed E-state index contributed by atoms with van der Waals surface area (Å²) in [4.78, 5) is 57.4. The summed E-state index contributed by atoms with van der Waals surface area (Å²) >= 11 is 0. The zero-order valence-corrected chi connectivity index (χ0v) is 16.0. The van der Waals surface area contributed by atoms with Crippen LogP contribution in [0.15, 0.2) is 41.2 Å². The Morgan fingerprint density at radius 2 is 1.83 bits per heavy atom. The van der Waals surface area contributed by atoms with E-state index in [1.54, 1.807) is 31.2 Å². The highest BCUT2D eigenvalue weighted by molar-refractivity contribution is 6.05. The maximum atomic E-state index is 12.4. The molecule has 2 heterocycles. The number of hydrogen-bond donors (Lipinski definition) is 1. The number of fused-ring (bicyclic) bond motifs is 2. The second-order valence-electron chi connectivity index (χ2n) is 7.33. The van der Waals surface area contributed by atoms with Crippen LogP contribution in [-0.2, 0) is 19.1 Å². The Hall–Kier alpha value is -3.29. The lowest BCUT2D eigenvalue weighted by Crippen LogP contribution is -2.33. The van der Waals surface area contributed by atoms with Gasteiger partial charge in [0.15, 0.2) is 11.9 Å². The molecule has 1 saturated heterocycles. The number of likely N-dealkylation sites (tertiary alicyclic amines) is 1. The molecule has 1 aromatic heterocycles. The van der Waals surface area contributed by atoms with Crippen LogP contribution in [-0.4, -0.2) is 39.2 Å². The zero-order valence-electron chi connectivity index (χ0n) is 16.0. The van der Waals surface area contributed by atoms with Crippen molar-refractivity contribution in [3.8, 4) is 0 Å². The summed E-state index contributed by atoms with van der Waals surface area (Å²) in [6.07, 6.45) is 4.10. The summed E-state index contributed by atoms with van der Waals surface area (Å²) in [5.74, 6) is -1.38. The number of amides is 2. The van der Waals surface area contributed by atoms with E-state index in [4.69, 9.17) is 4.74 Å². The predicted molar refractivity (Wildman–Crippen MR) is 104 cm³/mol. The van der Waals surface area contributed by atoms with Crippen LogP contribution < -0.4 is 5.56 Å². The van der Waals surface area contributed by atoms with Gasteiger partial charge >= 0.3 is 5.97 Å². The maximum absolute atomic E-state index is 12.4. The van der Waals surface area contributed by atoms with Crippen molar-refractivity contribution in [2.45, 2.75) is 32.3 Å². The van der Waals surface area contributed by atoms with Crippen molar-refractivity contribution in [3.05, 3.63) is 52.6 Å². The average Bonchev–Trinajstić information content (AvgIpc) is 2.97. The molecule has 4 rings (SSSR count). The monoisotopic (exact) mass is 395 g/mol. The lowest BCUT2D eigenvalue weighted by molar-refractivity contribution is -0.150. The average molecular weight is 395 g/mol. The number of esters is 1. The quantitative estimate of drug-likeness (QED) is 0.470.